The predicted molar refractivity (Wildman–Crippen MR) is 119 cm³/mol. The van der Waals surface area contributed by atoms with Gasteiger partial charge in [0.25, 0.3) is 0 Å². The Morgan fingerprint density at radius 3 is 2.19 bits per heavy atom. The van der Waals surface area contributed by atoms with Crippen LogP contribution < -0.4 is 0 Å². The lowest BCUT2D eigenvalue weighted by Crippen LogP contribution is -2.50. The molecular weight excluding hydrogens is 400 g/mol. The van der Waals surface area contributed by atoms with Gasteiger partial charge in [0.1, 0.15) is 11.6 Å². The summed E-state index contributed by atoms with van der Waals surface area (Å²) >= 11 is 0. The van der Waals surface area contributed by atoms with Crippen molar-refractivity contribution in [2.24, 2.45) is 21.3 Å². The number of carbonyl (C=O) groups is 2. The van der Waals surface area contributed by atoms with E-state index in [1.807, 2.05) is 13.8 Å². The lowest BCUT2D eigenvalue weighted by Gasteiger charge is -2.41. The quantitative estimate of drug-likeness (QED) is 0.346. The summed E-state index contributed by atoms with van der Waals surface area (Å²) in [5.41, 5.74) is -1.22. The van der Waals surface area contributed by atoms with Crippen molar-refractivity contribution < 1.29 is 29.0 Å². The molecule has 0 spiro atoms. The van der Waals surface area contributed by atoms with E-state index in [0.717, 1.165) is 6.42 Å². The Balaban J connectivity index is 0. The number of nitrogens with zero attached hydrogens (tertiary/aromatic N) is 2. The van der Waals surface area contributed by atoms with Crippen LogP contribution in [0.3, 0.4) is 0 Å². The first kappa shape index (κ1) is 31.0. The third-order valence-electron chi connectivity index (χ3n) is 5.02. The van der Waals surface area contributed by atoms with E-state index < -0.39 is 11.6 Å². The second-order valence-electron chi connectivity index (χ2n) is 8.69. The molecule has 0 aromatic heterocycles. The second kappa shape index (κ2) is 16.5. The van der Waals surface area contributed by atoms with Gasteiger partial charge in [-0.15, -0.1) is 0 Å². The van der Waals surface area contributed by atoms with Crippen molar-refractivity contribution in [1.29, 1.82) is 0 Å². The molecule has 3 unspecified atom stereocenters. The molecule has 178 valence electrons. The van der Waals surface area contributed by atoms with E-state index in [9.17, 15) is 19.2 Å². The molecule has 0 heterocycles. The van der Waals surface area contributed by atoms with E-state index in [1.54, 1.807) is 13.8 Å². The zero-order chi connectivity index (χ0) is 24.5. The van der Waals surface area contributed by atoms with Crippen molar-refractivity contribution >= 4 is 23.9 Å². The third kappa shape index (κ3) is 13.7. The number of unbranched alkanes of at least 4 members (excludes halogenated alkanes) is 1. The Labute approximate surface area is 186 Å². The topological polar surface area (TPSA) is 122 Å². The fourth-order valence-electron chi connectivity index (χ4n) is 3.63. The van der Waals surface area contributed by atoms with Crippen LogP contribution in [0.25, 0.3) is 0 Å². The van der Waals surface area contributed by atoms with Crippen LogP contribution >= 0.6 is 0 Å². The van der Waals surface area contributed by atoms with Gasteiger partial charge in [-0.2, -0.15) is 9.98 Å². The molecule has 1 saturated carbocycles. The van der Waals surface area contributed by atoms with Gasteiger partial charge in [0.2, 0.25) is 12.2 Å². The molecule has 1 rings (SSSR count). The zero-order valence-electron chi connectivity index (χ0n) is 20.2. The molecule has 1 fully saturated rings. The maximum atomic E-state index is 11.8. The fraction of sp³-hybridized carbons (Fsp3) is 0.826. The fourth-order valence-corrected chi connectivity index (χ4v) is 3.63. The summed E-state index contributed by atoms with van der Waals surface area (Å²) in [6, 6.07) is -0.903. The molecule has 8 heteroatoms. The van der Waals surface area contributed by atoms with Gasteiger partial charge in [-0.1, -0.05) is 47.0 Å². The number of rotatable bonds is 8. The lowest BCUT2D eigenvalue weighted by molar-refractivity contribution is -0.140. The number of ketones is 1. The van der Waals surface area contributed by atoms with E-state index in [2.05, 4.69) is 28.6 Å². The Hall–Kier alpha value is -2.14. The Bertz CT molecular complexity index is 632. The summed E-state index contributed by atoms with van der Waals surface area (Å²) in [6.45, 7) is 13.8. The van der Waals surface area contributed by atoms with Crippen molar-refractivity contribution in [2.45, 2.75) is 98.6 Å². The average molecular weight is 441 g/mol. The summed E-state index contributed by atoms with van der Waals surface area (Å²) in [7, 11) is 0. The number of hydrogen-bond donors (Lipinski definition) is 1. The van der Waals surface area contributed by atoms with Crippen molar-refractivity contribution in [3.05, 3.63) is 0 Å². The minimum Gasteiger partial charge on any atom is -0.466 e. The number of isocyanates is 2. The standard InChI is InChI=1S/C11H14N2O3.C8H18O.C4H8O2/c1-10(2)4-8(16)9(12-6-14)11(3,5-10)13-7-15;1-3-5-6-8(4-2)7-9;1-3-6-4(2)5/h9H,4-5H2,1-3H3;8-9H,3-7H2,1-2H3;3H2,1-2H3. The van der Waals surface area contributed by atoms with E-state index >= 15 is 0 Å². The molecule has 1 N–H and O–H groups in total. The zero-order valence-corrected chi connectivity index (χ0v) is 20.2. The first-order valence-electron chi connectivity index (χ1n) is 10.9. The van der Waals surface area contributed by atoms with E-state index in [-0.39, 0.29) is 17.2 Å². The number of aliphatic hydroxyl groups is 1. The average Bonchev–Trinajstić information content (AvgIpc) is 2.66. The predicted octanol–water partition coefficient (Wildman–Crippen LogP) is 3.94. The van der Waals surface area contributed by atoms with Crippen molar-refractivity contribution in [3.8, 4) is 0 Å². The van der Waals surface area contributed by atoms with Crippen molar-refractivity contribution in [2.75, 3.05) is 13.2 Å². The number of aliphatic hydroxyl groups excluding tert-OH is 1. The Morgan fingerprint density at radius 1 is 1.23 bits per heavy atom. The number of carbonyl (C=O) groups excluding carboxylic acids is 4. The number of esters is 1. The molecule has 3 atom stereocenters. The van der Waals surface area contributed by atoms with Gasteiger partial charge >= 0.3 is 5.97 Å². The maximum absolute atomic E-state index is 11.8. The van der Waals surface area contributed by atoms with Gasteiger partial charge in [-0.05, 0) is 38.0 Å². The van der Waals surface area contributed by atoms with Crippen LogP contribution in [0.5, 0.6) is 0 Å². The summed E-state index contributed by atoms with van der Waals surface area (Å²) in [6.07, 6.45) is 8.50. The van der Waals surface area contributed by atoms with Crippen LogP contribution in [0.2, 0.25) is 0 Å². The molecule has 0 amide bonds. The van der Waals surface area contributed by atoms with Gasteiger partial charge in [0.05, 0.1) is 6.61 Å². The van der Waals surface area contributed by atoms with Crippen LogP contribution in [-0.2, 0) is 23.9 Å². The van der Waals surface area contributed by atoms with E-state index in [1.165, 1.54) is 38.3 Å². The maximum Gasteiger partial charge on any atom is 0.302 e. The van der Waals surface area contributed by atoms with Crippen LogP contribution in [-0.4, -0.2) is 53.8 Å². The number of hydrogen-bond acceptors (Lipinski definition) is 8. The lowest BCUT2D eigenvalue weighted by atomic mass is 9.66. The smallest absolute Gasteiger partial charge is 0.302 e. The monoisotopic (exact) mass is 440 g/mol. The highest BCUT2D eigenvalue weighted by Gasteiger charge is 2.49. The molecule has 31 heavy (non-hydrogen) atoms. The Kier molecular flexibility index (Phi) is 16.6. The van der Waals surface area contributed by atoms with Gasteiger partial charge in [-0.25, -0.2) is 9.59 Å². The van der Waals surface area contributed by atoms with E-state index in [0.29, 0.717) is 32.0 Å². The van der Waals surface area contributed by atoms with Crippen LogP contribution in [0, 0.1) is 11.3 Å². The van der Waals surface area contributed by atoms with Gasteiger partial charge in [0.15, 0.2) is 5.78 Å². The van der Waals surface area contributed by atoms with Gasteiger partial charge in [0, 0.05) is 20.0 Å². The first-order chi connectivity index (χ1) is 14.5. The number of ether oxygens (including phenoxy) is 1. The van der Waals surface area contributed by atoms with Crippen LogP contribution in [0.15, 0.2) is 9.98 Å². The van der Waals surface area contributed by atoms with Crippen LogP contribution in [0.4, 0.5) is 0 Å². The van der Waals surface area contributed by atoms with Gasteiger partial charge in [-0.3, -0.25) is 9.59 Å². The number of aliphatic imine (C=N–C) groups is 2. The second-order valence-corrected chi connectivity index (χ2v) is 8.69. The summed E-state index contributed by atoms with van der Waals surface area (Å²) in [4.78, 5) is 49.5. The summed E-state index contributed by atoms with van der Waals surface area (Å²) < 4.78 is 4.40. The highest BCUT2D eigenvalue weighted by molar-refractivity contribution is 5.88. The molecule has 1 aliphatic carbocycles. The molecule has 0 aromatic rings. The van der Waals surface area contributed by atoms with Crippen LogP contribution in [0.1, 0.15) is 87.0 Å². The molecular formula is C23H40N2O6. The normalized spacial score (nSPS) is 22.2. The SMILES string of the molecule is CC1(C)CC(=O)C(N=C=O)C(C)(N=C=O)C1.CCCCC(CC)CO.CCOC(C)=O. The molecule has 0 aromatic carbocycles. The highest BCUT2D eigenvalue weighted by atomic mass is 16.5. The van der Waals surface area contributed by atoms with Gasteiger partial charge < -0.3 is 9.84 Å². The highest BCUT2D eigenvalue weighted by Crippen LogP contribution is 2.42. The molecule has 0 saturated heterocycles. The van der Waals surface area contributed by atoms with Crippen molar-refractivity contribution in [1.82, 2.24) is 0 Å². The molecule has 8 nitrogen and oxygen atoms in total. The van der Waals surface area contributed by atoms with E-state index in [4.69, 9.17) is 5.11 Å². The first-order valence-corrected chi connectivity index (χ1v) is 10.9. The summed E-state index contributed by atoms with van der Waals surface area (Å²) in [5.74, 6) is 0.170. The minimum absolute atomic E-state index is 0.180. The minimum atomic E-state index is -0.974. The molecule has 0 radical (unpaired) electrons. The largest absolute Gasteiger partial charge is 0.466 e. The molecule has 0 aliphatic heterocycles. The Morgan fingerprint density at radius 2 is 1.84 bits per heavy atom. The number of Topliss-reactive ketones (excluding diaryl/α,β-unsaturated/α-hetero) is 1. The third-order valence-corrected chi connectivity index (χ3v) is 5.02. The van der Waals surface area contributed by atoms with Crippen molar-refractivity contribution in [3.63, 3.8) is 0 Å². The summed E-state index contributed by atoms with van der Waals surface area (Å²) in [5, 5.41) is 8.75. The molecule has 0 bridgehead atoms. The molecule has 1 aliphatic rings.